The first kappa shape index (κ1) is 16.8. The Hall–Kier alpha value is -0.580. The number of aliphatic hydroxyl groups is 1. The molecule has 4 heteroatoms. The van der Waals surface area contributed by atoms with E-state index in [4.69, 9.17) is 0 Å². The number of rotatable bonds is 4. The van der Waals surface area contributed by atoms with Crippen molar-refractivity contribution in [2.45, 2.75) is 52.2 Å². The van der Waals surface area contributed by atoms with Crippen molar-refractivity contribution in [1.82, 2.24) is 5.32 Å². The smallest absolute Gasteiger partial charge is 0.0637 e. The molecule has 3 nitrogen and oxygen atoms in total. The van der Waals surface area contributed by atoms with Crippen LogP contribution in [0.4, 0.5) is 5.69 Å². The van der Waals surface area contributed by atoms with Gasteiger partial charge >= 0.3 is 0 Å². The van der Waals surface area contributed by atoms with E-state index in [0.717, 1.165) is 24.0 Å². The number of aliphatic hydroxyl groups excluding tert-OH is 1. The van der Waals surface area contributed by atoms with Crippen molar-refractivity contribution in [3.63, 3.8) is 0 Å². The summed E-state index contributed by atoms with van der Waals surface area (Å²) in [5.74, 6) is 0.552. The lowest BCUT2D eigenvalue weighted by atomic mass is 10.0. The minimum atomic E-state index is 0.116. The molecule has 0 aliphatic carbocycles. The molecule has 0 saturated carbocycles. The van der Waals surface area contributed by atoms with E-state index in [1.54, 1.807) is 0 Å². The highest BCUT2D eigenvalue weighted by atomic mass is 79.9. The average molecular weight is 355 g/mol. The molecule has 2 N–H and O–H groups in total. The fourth-order valence-corrected chi connectivity index (χ4v) is 3.33. The Morgan fingerprint density at radius 3 is 2.67 bits per heavy atom. The third-order valence-electron chi connectivity index (χ3n) is 4.25. The first-order valence-electron chi connectivity index (χ1n) is 7.73. The minimum Gasteiger partial charge on any atom is -0.394 e. The van der Waals surface area contributed by atoms with Crippen LogP contribution >= 0.6 is 15.9 Å². The molecule has 0 spiro atoms. The second-order valence-electron chi connectivity index (χ2n) is 7.09. The molecule has 1 saturated heterocycles. The number of anilines is 1. The Kier molecular flexibility index (Phi) is 5.33. The van der Waals surface area contributed by atoms with Crippen molar-refractivity contribution in [3.8, 4) is 0 Å². The molecule has 2 unspecified atom stereocenters. The van der Waals surface area contributed by atoms with Crippen molar-refractivity contribution >= 4 is 21.6 Å². The van der Waals surface area contributed by atoms with Crippen LogP contribution in [0.5, 0.6) is 0 Å². The topological polar surface area (TPSA) is 35.5 Å². The van der Waals surface area contributed by atoms with Crippen LogP contribution < -0.4 is 10.2 Å². The highest BCUT2D eigenvalue weighted by Crippen LogP contribution is 2.32. The van der Waals surface area contributed by atoms with Crippen molar-refractivity contribution in [2.24, 2.45) is 5.92 Å². The third kappa shape index (κ3) is 4.21. The van der Waals surface area contributed by atoms with Crippen LogP contribution in [0.3, 0.4) is 0 Å². The summed E-state index contributed by atoms with van der Waals surface area (Å²) in [5.41, 5.74) is 2.58. The highest BCUT2D eigenvalue weighted by molar-refractivity contribution is 9.10. The number of nitrogens with zero attached hydrogens (tertiary/aromatic N) is 1. The molecule has 2 rings (SSSR count). The Labute approximate surface area is 136 Å². The third-order valence-corrected chi connectivity index (χ3v) is 4.99. The summed E-state index contributed by atoms with van der Waals surface area (Å²) in [6.45, 7) is 10.8. The fourth-order valence-electron chi connectivity index (χ4n) is 2.83. The maximum atomic E-state index is 9.60. The van der Waals surface area contributed by atoms with E-state index in [0.29, 0.717) is 5.92 Å². The van der Waals surface area contributed by atoms with Gasteiger partial charge in [0.15, 0.2) is 0 Å². The van der Waals surface area contributed by atoms with Crippen LogP contribution in [-0.2, 0) is 6.54 Å². The van der Waals surface area contributed by atoms with E-state index in [2.05, 4.69) is 72.0 Å². The van der Waals surface area contributed by atoms with Gasteiger partial charge in [0.1, 0.15) is 0 Å². The summed E-state index contributed by atoms with van der Waals surface area (Å²) in [5, 5.41) is 13.1. The molecule has 0 radical (unpaired) electrons. The quantitative estimate of drug-likeness (QED) is 0.867. The highest BCUT2D eigenvalue weighted by Gasteiger charge is 2.30. The average Bonchev–Trinajstić information content (AvgIpc) is 2.77. The molecule has 1 aliphatic heterocycles. The second-order valence-corrected chi connectivity index (χ2v) is 7.94. The zero-order valence-corrected chi connectivity index (χ0v) is 15.1. The molecule has 0 bridgehead atoms. The van der Waals surface area contributed by atoms with Gasteiger partial charge in [0.05, 0.1) is 12.6 Å². The first-order chi connectivity index (χ1) is 9.81. The largest absolute Gasteiger partial charge is 0.394 e. The Balaban J connectivity index is 2.12. The van der Waals surface area contributed by atoms with Crippen LogP contribution in [0.2, 0.25) is 0 Å². The molecule has 0 amide bonds. The van der Waals surface area contributed by atoms with Gasteiger partial charge in [0.2, 0.25) is 0 Å². The van der Waals surface area contributed by atoms with E-state index >= 15 is 0 Å². The van der Waals surface area contributed by atoms with E-state index in [9.17, 15) is 5.11 Å². The summed E-state index contributed by atoms with van der Waals surface area (Å²) < 4.78 is 1.13. The van der Waals surface area contributed by atoms with Crippen LogP contribution in [0.1, 0.15) is 39.7 Å². The molecule has 1 fully saturated rings. The number of hydrogen-bond acceptors (Lipinski definition) is 3. The monoisotopic (exact) mass is 354 g/mol. The van der Waals surface area contributed by atoms with Gasteiger partial charge in [-0.3, -0.25) is 0 Å². The lowest BCUT2D eigenvalue weighted by Gasteiger charge is -2.28. The molecule has 1 aromatic carbocycles. The maximum absolute atomic E-state index is 9.60. The van der Waals surface area contributed by atoms with Gasteiger partial charge in [-0.05, 0) is 50.8 Å². The van der Waals surface area contributed by atoms with Crippen LogP contribution in [-0.4, -0.2) is 29.8 Å². The summed E-state index contributed by atoms with van der Waals surface area (Å²) >= 11 is 3.69. The fraction of sp³-hybridized carbons (Fsp3) is 0.647. The predicted molar refractivity (Wildman–Crippen MR) is 92.7 cm³/mol. The molecule has 118 valence electrons. The van der Waals surface area contributed by atoms with Crippen molar-refractivity contribution in [3.05, 3.63) is 28.2 Å². The number of benzene rings is 1. The molecule has 2 atom stereocenters. The van der Waals surface area contributed by atoms with Gasteiger partial charge in [-0.2, -0.15) is 0 Å². The number of nitrogens with one attached hydrogen (secondary N) is 1. The zero-order chi connectivity index (χ0) is 15.6. The van der Waals surface area contributed by atoms with Crippen molar-refractivity contribution in [1.29, 1.82) is 0 Å². The molecule has 1 aromatic rings. The SMILES string of the molecule is CC1CCN(c2ccc(CNC(C)(C)C)c(Br)c2)C1CO. The lowest BCUT2D eigenvalue weighted by Crippen LogP contribution is -2.36. The predicted octanol–water partition coefficient (Wildman–Crippen LogP) is 3.54. The molecule has 1 heterocycles. The van der Waals surface area contributed by atoms with E-state index in [1.165, 1.54) is 11.3 Å². The number of halogens is 1. The maximum Gasteiger partial charge on any atom is 0.0637 e. The van der Waals surface area contributed by atoms with Gasteiger partial charge in [0.25, 0.3) is 0 Å². The van der Waals surface area contributed by atoms with Gasteiger partial charge in [-0.15, -0.1) is 0 Å². The van der Waals surface area contributed by atoms with Gasteiger partial charge < -0.3 is 15.3 Å². The van der Waals surface area contributed by atoms with Gasteiger partial charge in [-0.1, -0.05) is 28.9 Å². The normalized spacial score (nSPS) is 22.9. The Bertz CT molecular complexity index is 484. The van der Waals surface area contributed by atoms with Crippen molar-refractivity contribution < 1.29 is 5.11 Å². The Morgan fingerprint density at radius 2 is 2.10 bits per heavy atom. The van der Waals surface area contributed by atoms with Crippen LogP contribution in [0, 0.1) is 5.92 Å². The summed E-state index contributed by atoms with van der Waals surface area (Å²) in [6, 6.07) is 6.77. The summed E-state index contributed by atoms with van der Waals surface area (Å²) in [7, 11) is 0. The molecular weight excluding hydrogens is 328 g/mol. The zero-order valence-electron chi connectivity index (χ0n) is 13.5. The van der Waals surface area contributed by atoms with Crippen LogP contribution in [0.25, 0.3) is 0 Å². The second kappa shape index (κ2) is 6.67. The lowest BCUT2D eigenvalue weighted by molar-refractivity contribution is 0.245. The molecule has 21 heavy (non-hydrogen) atoms. The summed E-state index contributed by atoms with van der Waals surface area (Å²) in [6.07, 6.45) is 1.15. The summed E-state index contributed by atoms with van der Waals surface area (Å²) in [4.78, 5) is 2.33. The Morgan fingerprint density at radius 1 is 1.38 bits per heavy atom. The van der Waals surface area contributed by atoms with E-state index in [1.807, 2.05) is 0 Å². The number of hydrogen-bond donors (Lipinski definition) is 2. The minimum absolute atomic E-state index is 0.116. The van der Waals surface area contributed by atoms with Gasteiger partial charge in [0, 0.05) is 28.8 Å². The molecular formula is C17H27BrN2O. The van der Waals surface area contributed by atoms with Gasteiger partial charge in [-0.25, -0.2) is 0 Å². The van der Waals surface area contributed by atoms with E-state index < -0.39 is 0 Å². The standard InChI is InChI=1S/C17H27BrN2O/c1-12-7-8-20(16(12)11-21)14-6-5-13(15(18)9-14)10-19-17(2,3)4/h5-6,9,12,16,19,21H,7-8,10-11H2,1-4H3. The van der Waals surface area contributed by atoms with Crippen LogP contribution in [0.15, 0.2) is 22.7 Å². The molecule has 0 aromatic heterocycles. The van der Waals surface area contributed by atoms with E-state index in [-0.39, 0.29) is 18.2 Å². The van der Waals surface area contributed by atoms with Crippen molar-refractivity contribution in [2.75, 3.05) is 18.1 Å². The first-order valence-corrected chi connectivity index (χ1v) is 8.52. The molecule has 1 aliphatic rings.